The minimum Gasteiger partial charge on any atom is -0.306 e. The van der Waals surface area contributed by atoms with Gasteiger partial charge < -0.3 is 4.90 Å². The van der Waals surface area contributed by atoms with Crippen LogP contribution >= 0.6 is 0 Å². The van der Waals surface area contributed by atoms with Crippen molar-refractivity contribution >= 4 is 27.6 Å². The number of hydrogen-bond acceptors (Lipinski definition) is 5. The van der Waals surface area contributed by atoms with Gasteiger partial charge >= 0.3 is 18.4 Å². The monoisotopic (exact) mass is 482 g/mol. The molecule has 8 nitrogen and oxygen atoms in total. The van der Waals surface area contributed by atoms with Crippen molar-refractivity contribution in [2.75, 3.05) is 17.2 Å². The van der Waals surface area contributed by atoms with Crippen LogP contribution in [0.15, 0.2) is 18.2 Å². The first kappa shape index (κ1) is 22.3. The van der Waals surface area contributed by atoms with E-state index in [1.165, 1.54) is 6.07 Å². The normalized spacial score (nSPS) is 26.1. The molecular weight excluding hydrogens is 470 g/mol. The topological polar surface area (TPSA) is 102 Å². The number of anilines is 1. The van der Waals surface area contributed by atoms with Gasteiger partial charge in [0.25, 0.3) is 5.91 Å². The first-order valence-electron chi connectivity index (χ1n) is 8.99. The highest BCUT2D eigenvalue weighted by atomic mass is 32.2. The number of sulfonamides is 1. The predicted molar refractivity (Wildman–Crippen MR) is 93.4 cm³/mol. The van der Waals surface area contributed by atoms with Crippen LogP contribution in [0, 0.1) is 11.3 Å². The van der Waals surface area contributed by atoms with Crippen LogP contribution in [0.5, 0.6) is 0 Å². The quantitative estimate of drug-likeness (QED) is 0.485. The fraction of sp³-hybridized carbons (Fsp3) is 0.471. The molecule has 3 saturated heterocycles. The zero-order chi connectivity index (χ0) is 23.8. The Labute approximate surface area is 176 Å². The van der Waals surface area contributed by atoms with E-state index in [0.717, 1.165) is 17.0 Å². The third kappa shape index (κ3) is 3.37. The number of carbonyl (C=O) groups excluding carboxylic acids is 2. The molecule has 15 heteroatoms. The van der Waals surface area contributed by atoms with Crippen molar-refractivity contribution in [1.82, 2.24) is 9.21 Å². The highest BCUT2D eigenvalue weighted by Gasteiger charge is 2.64. The van der Waals surface area contributed by atoms with Crippen LogP contribution in [0.25, 0.3) is 0 Å². The lowest BCUT2D eigenvalue weighted by Gasteiger charge is -2.34. The van der Waals surface area contributed by atoms with E-state index in [1.54, 1.807) is 0 Å². The van der Waals surface area contributed by atoms with Gasteiger partial charge in [0.15, 0.2) is 5.75 Å². The minimum absolute atomic E-state index is 0.0613. The van der Waals surface area contributed by atoms with E-state index >= 15 is 0 Å². The summed E-state index contributed by atoms with van der Waals surface area (Å²) in [5.74, 6) is -3.18. The number of hydrogen-bond donors (Lipinski definition) is 0. The third-order valence-electron chi connectivity index (χ3n) is 5.61. The van der Waals surface area contributed by atoms with Crippen LogP contribution in [0.4, 0.5) is 36.8 Å². The Balaban J connectivity index is 1.68. The zero-order valence-electron chi connectivity index (χ0n) is 15.7. The van der Waals surface area contributed by atoms with Crippen LogP contribution in [0.1, 0.15) is 17.5 Å². The van der Waals surface area contributed by atoms with Crippen LogP contribution in [-0.2, 0) is 21.0 Å². The van der Waals surface area contributed by atoms with E-state index in [2.05, 4.69) is 0 Å². The van der Waals surface area contributed by atoms with Crippen molar-refractivity contribution in [3.8, 4) is 6.07 Å². The lowest BCUT2D eigenvalue weighted by atomic mass is 10.1. The summed E-state index contributed by atoms with van der Waals surface area (Å²) in [5, 5.41) is 8.89. The van der Waals surface area contributed by atoms with Crippen molar-refractivity contribution in [2.45, 2.75) is 36.9 Å². The molecular formula is C17H12F6N4O4S. The average Bonchev–Trinajstić information content (AvgIpc) is 3.30. The van der Waals surface area contributed by atoms with Crippen LogP contribution in [-0.4, -0.2) is 66.2 Å². The van der Waals surface area contributed by atoms with Gasteiger partial charge in [-0.15, -0.1) is 0 Å². The molecule has 3 atom stereocenters. The summed E-state index contributed by atoms with van der Waals surface area (Å²) in [6.45, 7) is -0.451. The van der Waals surface area contributed by atoms with Gasteiger partial charge in [-0.1, -0.05) is 0 Å². The van der Waals surface area contributed by atoms with Gasteiger partial charge in [-0.25, -0.2) is 18.1 Å². The number of piperazine rings is 1. The molecule has 0 N–H and O–H groups in total. The van der Waals surface area contributed by atoms with Gasteiger partial charge in [0.2, 0.25) is 10.0 Å². The fourth-order valence-electron chi connectivity index (χ4n) is 4.47. The second-order valence-corrected chi connectivity index (χ2v) is 9.47. The molecule has 0 spiro atoms. The van der Waals surface area contributed by atoms with Gasteiger partial charge in [-0.05, 0) is 24.6 Å². The summed E-state index contributed by atoms with van der Waals surface area (Å²) in [7, 11) is -4.83. The maximum Gasteiger partial charge on any atom is 0.417 e. The molecule has 3 fully saturated rings. The molecule has 172 valence electrons. The molecule has 32 heavy (non-hydrogen) atoms. The number of amides is 3. The van der Waals surface area contributed by atoms with Crippen molar-refractivity contribution < 1.29 is 44.3 Å². The summed E-state index contributed by atoms with van der Waals surface area (Å²) in [5.41, 5.74) is -2.59. The maximum absolute atomic E-state index is 13.3. The fourth-order valence-corrected chi connectivity index (χ4v) is 6.06. The molecule has 2 bridgehead atoms. The summed E-state index contributed by atoms with van der Waals surface area (Å²) in [6.07, 6.45) is -10.0. The highest BCUT2D eigenvalue weighted by molar-refractivity contribution is 7.89. The number of carbonyl (C=O) groups is 2. The molecule has 4 rings (SSSR count). The lowest BCUT2D eigenvalue weighted by molar-refractivity contribution is -0.137. The summed E-state index contributed by atoms with van der Waals surface area (Å²) < 4.78 is 103. The number of halogens is 6. The summed E-state index contributed by atoms with van der Waals surface area (Å²) in [6, 6.07) is -1.03. The van der Waals surface area contributed by atoms with E-state index in [0.29, 0.717) is 15.3 Å². The van der Waals surface area contributed by atoms with Crippen LogP contribution < -0.4 is 4.90 Å². The van der Waals surface area contributed by atoms with Gasteiger partial charge in [-0.2, -0.15) is 35.9 Å². The Morgan fingerprint density at radius 1 is 1.12 bits per heavy atom. The number of rotatable bonds is 3. The second kappa shape index (κ2) is 6.82. The average molecular weight is 482 g/mol. The summed E-state index contributed by atoms with van der Waals surface area (Å²) in [4.78, 5) is 27.2. The van der Waals surface area contributed by atoms with E-state index in [-0.39, 0.29) is 6.42 Å². The zero-order valence-corrected chi connectivity index (χ0v) is 16.5. The first-order valence-corrected chi connectivity index (χ1v) is 10.6. The van der Waals surface area contributed by atoms with Crippen molar-refractivity contribution in [3.63, 3.8) is 0 Å². The number of imide groups is 1. The maximum atomic E-state index is 13.3. The number of fused-ring (bicyclic) bond motifs is 5. The van der Waals surface area contributed by atoms with Crippen LogP contribution in [0.2, 0.25) is 0 Å². The number of nitrogens with zero attached hydrogens (tertiary/aromatic N) is 4. The molecule has 3 amide bonds. The van der Waals surface area contributed by atoms with Gasteiger partial charge in [0.1, 0.15) is 6.04 Å². The standard InChI is InChI=1S/C17H12F6N4O4S/c18-16(19,20)7-32(30,31)25-6-10-4-12(25)13-14(28)27(15(29)26(10)13)9-2-1-8(5-24)11(3-9)17(21,22)23/h1-3,10,12-13H,4,6-7H2. The smallest absolute Gasteiger partial charge is 0.306 e. The van der Waals surface area contributed by atoms with Gasteiger partial charge in [0, 0.05) is 12.6 Å². The molecule has 3 unspecified atom stereocenters. The molecule has 0 radical (unpaired) electrons. The Kier molecular flexibility index (Phi) is 4.76. The molecule has 3 aliphatic rings. The highest BCUT2D eigenvalue weighted by Crippen LogP contribution is 2.44. The molecule has 1 aromatic carbocycles. The van der Waals surface area contributed by atoms with E-state index in [9.17, 15) is 44.3 Å². The van der Waals surface area contributed by atoms with Crippen molar-refractivity contribution in [3.05, 3.63) is 29.3 Å². The Morgan fingerprint density at radius 3 is 2.34 bits per heavy atom. The van der Waals surface area contributed by atoms with E-state index in [1.807, 2.05) is 0 Å². The minimum atomic E-state index is -5.02. The second-order valence-electron chi connectivity index (χ2n) is 7.55. The Morgan fingerprint density at radius 2 is 1.78 bits per heavy atom. The molecule has 0 aliphatic carbocycles. The molecule has 1 aromatic rings. The van der Waals surface area contributed by atoms with Crippen LogP contribution in [0.3, 0.4) is 0 Å². The Hall–Kier alpha value is -2.86. The molecule has 0 aromatic heterocycles. The summed E-state index contributed by atoms with van der Waals surface area (Å²) >= 11 is 0. The number of alkyl halides is 6. The SMILES string of the molecule is N#Cc1ccc(N2C(=O)C3C4CC(CN4S(=O)(=O)CC(F)(F)F)N3C2=O)cc1C(F)(F)F. The molecule has 3 heterocycles. The van der Waals surface area contributed by atoms with Gasteiger partial charge in [-0.3, -0.25) is 4.79 Å². The van der Waals surface area contributed by atoms with Crippen molar-refractivity contribution in [1.29, 1.82) is 5.26 Å². The molecule has 3 aliphatic heterocycles. The predicted octanol–water partition coefficient (Wildman–Crippen LogP) is 2.06. The lowest BCUT2D eigenvalue weighted by Crippen LogP contribution is -2.55. The number of nitriles is 1. The van der Waals surface area contributed by atoms with Crippen molar-refractivity contribution in [2.24, 2.45) is 0 Å². The largest absolute Gasteiger partial charge is 0.417 e. The van der Waals surface area contributed by atoms with Gasteiger partial charge in [0.05, 0.1) is 28.9 Å². The number of urea groups is 1. The number of benzene rings is 1. The third-order valence-corrected chi connectivity index (χ3v) is 7.43. The van der Waals surface area contributed by atoms with E-state index < -0.39 is 81.6 Å². The molecule has 0 saturated carbocycles. The van der Waals surface area contributed by atoms with E-state index in [4.69, 9.17) is 5.26 Å². The first-order chi connectivity index (χ1) is 14.7. The Bertz CT molecular complexity index is 1160.